The molecule has 1 aliphatic rings. The fourth-order valence-corrected chi connectivity index (χ4v) is 4.15. The lowest BCUT2D eigenvalue weighted by molar-refractivity contribution is -0.127. The third kappa shape index (κ3) is 5.43. The second-order valence-electron chi connectivity index (χ2n) is 6.50. The Balaban J connectivity index is 1.73. The molecule has 1 heterocycles. The van der Waals surface area contributed by atoms with Crippen LogP contribution in [0.5, 0.6) is 17.2 Å². The maximum absolute atomic E-state index is 12.8. The molecule has 2 aromatic rings. The third-order valence-corrected chi connectivity index (χ3v) is 6.01. The SMILES string of the molecule is CCOc1cc(Br)c(/C=C2\SC(=O)N(CC(=O)Nc3ccc(OC)cc3)C2=O)cc1OC. The molecule has 10 heteroatoms. The zero-order valence-electron chi connectivity index (χ0n) is 17.6. The van der Waals surface area contributed by atoms with Crippen molar-refractivity contribution in [3.8, 4) is 17.2 Å². The van der Waals surface area contributed by atoms with E-state index in [-0.39, 0.29) is 11.4 Å². The van der Waals surface area contributed by atoms with Crippen molar-refractivity contribution in [2.24, 2.45) is 0 Å². The molecule has 8 nitrogen and oxygen atoms in total. The van der Waals surface area contributed by atoms with Gasteiger partial charge in [0.25, 0.3) is 11.1 Å². The van der Waals surface area contributed by atoms with Gasteiger partial charge in [0, 0.05) is 10.2 Å². The molecule has 0 aliphatic carbocycles. The fourth-order valence-electron chi connectivity index (χ4n) is 2.89. The molecule has 3 rings (SSSR count). The van der Waals surface area contributed by atoms with Crippen LogP contribution in [0.1, 0.15) is 12.5 Å². The zero-order valence-corrected chi connectivity index (χ0v) is 20.0. The van der Waals surface area contributed by atoms with Crippen molar-refractivity contribution >= 4 is 56.5 Å². The summed E-state index contributed by atoms with van der Waals surface area (Å²) in [5, 5.41) is 2.15. The summed E-state index contributed by atoms with van der Waals surface area (Å²) in [4.78, 5) is 38.6. The first-order valence-electron chi connectivity index (χ1n) is 9.55. The lowest BCUT2D eigenvalue weighted by atomic mass is 10.2. The molecule has 1 fully saturated rings. The second kappa shape index (κ2) is 10.6. The van der Waals surface area contributed by atoms with Crippen LogP contribution < -0.4 is 19.5 Å². The van der Waals surface area contributed by atoms with Gasteiger partial charge < -0.3 is 19.5 Å². The Morgan fingerprint density at radius 1 is 1.12 bits per heavy atom. The van der Waals surface area contributed by atoms with E-state index in [1.54, 1.807) is 49.6 Å². The van der Waals surface area contributed by atoms with E-state index in [4.69, 9.17) is 14.2 Å². The van der Waals surface area contributed by atoms with E-state index >= 15 is 0 Å². The van der Waals surface area contributed by atoms with Gasteiger partial charge in [-0.1, -0.05) is 15.9 Å². The van der Waals surface area contributed by atoms with Crippen molar-refractivity contribution in [3.05, 3.63) is 51.3 Å². The molecule has 0 saturated carbocycles. The first kappa shape index (κ1) is 23.7. The summed E-state index contributed by atoms with van der Waals surface area (Å²) in [5.74, 6) is 0.685. The van der Waals surface area contributed by atoms with Crippen LogP contribution in [0.4, 0.5) is 10.5 Å². The number of amides is 3. The highest BCUT2D eigenvalue weighted by atomic mass is 79.9. The standard InChI is InChI=1S/C22H21BrN2O6S/c1-4-31-18-11-16(23)13(9-17(18)30-3)10-19-21(27)25(22(28)32-19)12-20(26)24-14-5-7-15(29-2)8-6-14/h5-11H,4,12H2,1-3H3,(H,24,26)/b19-10-. The Bertz CT molecular complexity index is 1070. The number of anilines is 1. The summed E-state index contributed by atoms with van der Waals surface area (Å²) in [5.41, 5.74) is 1.17. The normalized spacial score (nSPS) is 14.6. The van der Waals surface area contributed by atoms with E-state index in [9.17, 15) is 14.4 Å². The Morgan fingerprint density at radius 2 is 1.84 bits per heavy atom. The van der Waals surface area contributed by atoms with Gasteiger partial charge in [-0.25, -0.2) is 0 Å². The molecule has 0 spiro atoms. The van der Waals surface area contributed by atoms with Gasteiger partial charge in [0.05, 0.1) is 25.7 Å². The molecule has 0 radical (unpaired) electrons. The predicted molar refractivity (Wildman–Crippen MR) is 126 cm³/mol. The van der Waals surface area contributed by atoms with Crippen LogP contribution in [0, 0.1) is 0 Å². The Hall–Kier alpha value is -2.98. The van der Waals surface area contributed by atoms with Crippen LogP contribution in [0.25, 0.3) is 6.08 Å². The van der Waals surface area contributed by atoms with E-state index in [1.807, 2.05) is 6.92 Å². The van der Waals surface area contributed by atoms with Gasteiger partial charge in [0.1, 0.15) is 12.3 Å². The number of nitrogens with zero attached hydrogens (tertiary/aromatic N) is 1. The van der Waals surface area contributed by atoms with E-state index in [0.717, 1.165) is 16.7 Å². The molecular weight excluding hydrogens is 500 g/mol. The largest absolute Gasteiger partial charge is 0.497 e. The summed E-state index contributed by atoms with van der Waals surface area (Å²) in [6.45, 7) is 1.95. The van der Waals surface area contributed by atoms with Crippen molar-refractivity contribution in [1.82, 2.24) is 4.90 Å². The first-order valence-corrected chi connectivity index (χ1v) is 11.2. The van der Waals surface area contributed by atoms with Gasteiger partial charge in [-0.05, 0) is 66.7 Å². The molecule has 2 aromatic carbocycles. The van der Waals surface area contributed by atoms with Gasteiger partial charge in [-0.3, -0.25) is 19.3 Å². The van der Waals surface area contributed by atoms with Crippen molar-refractivity contribution in [1.29, 1.82) is 0 Å². The van der Waals surface area contributed by atoms with Crippen LogP contribution in [0.3, 0.4) is 0 Å². The predicted octanol–water partition coefficient (Wildman–Crippen LogP) is 4.54. The Labute approximate surface area is 198 Å². The van der Waals surface area contributed by atoms with Crippen LogP contribution in [-0.4, -0.2) is 49.3 Å². The number of carbonyl (C=O) groups is 3. The average molecular weight is 521 g/mol. The van der Waals surface area contributed by atoms with E-state index in [2.05, 4.69) is 21.2 Å². The molecule has 1 saturated heterocycles. The number of halogens is 1. The molecule has 0 atom stereocenters. The highest BCUT2D eigenvalue weighted by molar-refractivity contribution is 9.10. The fraction of sp³-hybridized carbons (Fsp3) is 0.227. The number of ether oxygens (including phenoxy) is 3. The summed E-state index contributed by atoms with van der Waals surface area (Å²) in [7, 11) is 3.06. The molecule has 0 aromatic heterocycles. The van der Waals surface area contributed by atoms with Gasteiger partial charge in [-0.2, -0.15) is 0 Å². The summed E-state index contributed by atoms with van der Waals surface area (Å²) in [6.07, 6.45) is 1.58. The summed E-state index contributed by atoms with van der Waals surface area (Å²) < 4.78 is 16.6. The maximum atomic E-state index is 12.8. The Morgan fingerprint density at radius 3 is 2.47 bits per heavy atom. The van der Waals surface area contributed by atoms with Crippen molar-refractivity contribution in [2.45, 2.75) is 6.92 Å². The number of imide groups is 1. The molecule has 1 N–H and O–H groups in total. The monoisotopic (exact) mass is 520 g/mol. The smallest absolute Gasteiger partial charge is 0.294 e. The molecule has 0 bridgehead atoms. The van der Waals surface area contributed by atoms with Crippen LogP contribution in [-0.2, 0) is 9.59 Å². The number of methoxy groups -OCH3 is 2. The quantitative estimate of drug-likeness (QED) is 0.510. The lowest BCUT2D eigenvalue weighted by Gasteiger charge is -2.13. The number of nitrogens with one attached hydrogen (secondary N) is 1. The van der Waals surface area contributed by atoms with Crippen LogP contribution in [0.15, 0.2) is 45.8 Å². The van der Waals surface area contributed by atoms with Crippen LogP contribution >= 0.6 is 27.7 Å². The number of benzene rings is 2. The number of hydrogen-bond donors (Lipinski definition) is 1. The van der Waals surface area contributed by atoms with E-state index in [0.29, 0.717) is 39.6 Å². The summed E-state index contributed by atoms with van der Waals surface area (Å²) >= 11 is 4.23. The molecule has 3 amide bonds. The van der Waals surface area contributed by atoms with Crippen molar-refractivity contribution in [2.75, 3.05) is 32.7 Å². The van der Waals surface area contributed by atoms with Gasteiger partial charge in [0.2, 0.25) is 5.91 Å². The number of rotatable bonds is 8. The van der Waals surface area contributed by atoms with Crippen LogP contribution in [0.2, 0.25) is 0 Å². The maximum Gasteiger partial charge on any atom is 0.294 e. The number of carbonyl (C=O) groups excluding carboxylic acids is 3. The Kier molecular flexibility index (Phi) is 7.81. The summed E-state index contributed by atoms with van der Waals surface area (Å²) in [6, 6.07) is 10.2. The van der Waals surface area contributed by atoms with E-state index < -0.39 is 17.1 Å². The third-order valence-electron chi connectivity index (χ3n) is 4.42. The minimum atomic E-state index is -0.537. The topological polar surface area (TPSA) is 94.2 Å². The van der Waals surface area contributed by atoms with Gasteiger partial charge in [0.15, 0.2) is 11.5 Å². The second-order valence-corrected chi connectivity index (χ2v) is 8.35. The molecular formula is C22H21BrN2O6S. The molecule has 32 heavy (non-hydrogen) atoms. The average Bonchev–Trinajstić information content (AvgIpc) is 3.03. The van der Waals surface area contributed by atoms with Gasteiger partial charge in [-0.15, -0.1) is 0 Å². The zero-order chi connectivity index (χ0) is 23.3. The first-order chi connectivity index (χ1) is 15.4. The molecule has 1 aliphatic heterocycles. The molecule has 168 valence electrons. The minimum Gasteiger partial charge on any atom is -0.497 e. The van der Waals surface area contributed by atoms with Gasteiger partial charge >= 0.3 is 0 Å². The highest BCUT2D eigenvalue weighted by Crippen LogP contribution is 2.38. The minimum absolute atomic E-state index is 0.208. The number of hydrogen-bond acceptors (Lipinski definition) is 7. The lowest BCUT2D eigenvalue weighted by Crippen LogP contribution is -2.36. The molecule has 0 unspecified atom stereocenters. The highest BCUT2D eigenvalue weighted by Gasteiger charge is 2.36. The van der Waals surface area contributed by atoms with Crippen molar-refractivity contribution < 1.29 is 28.6 Å². The van der Waals surface area contributed by atoms with Crippen molar-refractivity contribution in [3.63, 3.8) is 0 Å². The number of thioether (sulfide) groups is 1. The van der Waals surface area contributed by atoms with E-state index in [1.165, 1.54) is 7.11 Å².